The predicted molar refractivity (Wildman–Crippen MR) is 109 cm³/mol. The van der Waals surface area contributed by atoms with Crippen LogP contribution in [-0.4, -0.2) is 15.0 Å². The quantitative estimate of drug-likeness (QED) is 0.404. The molecule has 2 aromatic carbocycles. The van der Waals surface area contributed by atoms with Crippen molar-refractivity contribution in [2.75, 3.05) is 0 Å². The second-order valence-corrected chi connectivity index (χ2v) is 7.10. The molecule has 0 bridgehead atoms. The van der Waals surface area contributed by atoms with Gasteiger partial charge in [0.15, 0.2) is 0 Å². The minimum Gasteiger partial charge on any atom is -0.213 e. The summed E-state index contributed by atoms with van der Waals surface area (Å²) in [4.78, 5) is 0. The van der Waals surface area contributed by atoms with E-state index in [4.69, 9.17) is 11.6 Å². The smallest absolute Gasteiger partial charge is 0.0976 e. The molecular weight excluding hydrogens is 342 g/mol. The zero-order chi connectivity index (χ0) is 18.2. The summed E-state index contributed by atoms with van der Waals surface area (Å²) in [7, 11) is 0. The highest BCUT2D eigenvalue weighted by Crippen LogP contribution is 2.27. The van der Waals surface area contributed by atoms with E-state index >= 15 is 0 Å². The molecule has 0 amide bonds. The van der Waals surface area contributed by atoms with Crippen molar-refractivity contribution in [2.45, 2.75) is 51.9 Å². The number of aromatic nitrogens is 3. The Hall–Kier alpha value is -2.13. The van der Waals surface area contributed by atoms with Crippen LogP contribution in [0.5, 0.6) is 0 Å². The summed E-state index contributed by atoms with van der Waals surface area (Å²) in [6.07, 6.45) is 8.60. The van der Waals surface area contributed by atoms with Gasteiger partial charge < -0.3 is 0 Å². The van der Waals surface area contributed by atoms with Gasteiger partial charge in [-0.1, -0.05) is 92.2 Å². The fourth-order valence-electron chi connectivity index (χ4n) is 3.23. The Morgan fingerprint density at radius 1 is 0.885 bits per heavy atom. The maximum absolute atomic E-state index is 6.18. The average molecular weight is 368 g/mol. The molecule has 0 fully saturated rings. The Labute approximate surface area is 161 Å². The highest BCUT2D eigenvalue weighted by molar-refractivity contribution is 6.30. The topological polar surface area (TPSA) is 30.7 Å². The van der Waals surface area contributed by atoms with Crippen molar-refractivity contribution in [3.05, 3.63) is 65.3 Å². The molecular formula is C22H26ClN3. The van der Waals surface area contributed by atoms with Crippen molar-refractivity contribution in [1.29, 1.82) is 0 Å². The van der Waals surface area contributed by atoms with E-state index in [-0.39, 0.29) is 0 Å². The molecule has 3 rings (SSSR count). The van der Waals surface area contributed by atoms with E-state index in [9.17, 15) is 0 Å². The normalized spacial score (nSPS) is 11.0. The molecule has 3 aromatic rings. The zero-order valence-corrected chi connectivity index (χ0v) is 16.1. The lowest BCUT2D eigenvalue weighted by Gasteiger charge is -2.09. The fraction of sp³-hybridized carbons (Fsp3) is 0.364. The van der Waals surface area contributed by atoms with Gasteiger partial charge in [-0.3, -0.25) is 0 Å². The molecule has 0 spiro atoms. The predicted octanol–water partition coefficient (Wildman–Crippen LogP) is 6.49. The van der Waals surface area contributed by atoms with Gasteiger partial charge in [0.2, 0.25) is 0 Å². The van der Waals surface area contributed by atoms with E-state index < -0.39 is 0 Å². The van der Waals surface area contributed by atoms with Gasteiger partial charge in [0.05, 0.1) is 17.1 Å². The zero-order valence-electron chi connectivity index (χ0n) is 15.4. The monoisotopic (exact) mass is 367 g/mol. The van der Waals surface area contributed by atoms with Crippen molar-refractivity contribution >= 4 is 11.6 Å². The van der Waals surface area contributed by atoms with Crippen LogP contribution in [0.25, 0.3) is 16.9 Å². The van der Waals surface area contributed by atoms with Crippen LogP contribution in [0.15, 0.2) is 54.6 Å². The number of hydrogen-bond donors (Lipinski definition) is 0. The van der Waals surface area contributed by atoms with Gasteiger partial charge in [-0.25, -0.2) is 4.68 Å². The van der Waals surface area contributed by atoms with Gasteiger partial charge in [-0.05, 0) is 31.0 Å². The first-order valence-corrected chi connectivity index (χ1v) is 9.93. The summed E-state index contributed by atoms with van der Waals surface area (Å²) in [5, 5.41) is 9.65. The minimum atomic E-state index is 0.703. The summed E-state index contributed by atoms with van der Waals surface area (Å²) in [6, 6.07) is 18.1. The van der Waals surface area contributed by atoms with Crippen molar-refractivity contribution in [2.24, 2.45) is 0 Å². The summed E-state index contributed by atoms with van der Waals surface area (Å²) < 4.78 is 1.91. The number of nitrogens with zero attached hydrogens (tertiary/aromatic N) is 3. The van der Waals surface area contributed by atoms with E-state index in [2.05, 4.69) is 41.5 Å². The lowest BCUT2D eigenvalue weighted by molar-refractivity contribution is 0.604. The molecule has 0 radical (unpaired) electrons. The van der Waals surface area contributed by atoms with E-state index in [0.717, 1.165) is 35.5 Å². The average Bonchev–Trinajstić information content (AvgIpc) is 3.09. The number of halogens is 1. The Kier molecular flexibility index (Phi) is 6.84. The molecule has 0 aliphatic carbocycles. The molecule has 0 aliphatic rings. The molecule has 0 atom stereocenters. The first kappa shape index (κ1) is 18.7. The Balaban J connectivity index is 1.83. The van der Waals surface area contributed by atoms with Crippen molar-refractivity contribution in [3.8, 4) is 16.9 Å². The van der Waals surface area contributed by atoms with E-state index in [1.54, 1.807) is 0 Å². The van der Waals surface area contributed by atoms with E-state index in [0.29, 0.717) is 5.02 Å². The summed E-state index contributed by atoms with van der Waals surface area (Å²) >= 11 is 6.18. The Morgan fingerprint density at radius 3 is 2.42 bits per heavy atom. The lowest BCUT2D eigenvalue weighted by atomic mass is 10.0. The van der Waals surface area contributed by atoms with Gasteiger partial charge >= 0.3 is 0 Å². The molecule has 0 saturated heterocycles. The number of unbranched alkanes of at least 4 members (excludes halogenated alkanes) is 5. The maximum Gasteiger partial charge on any atom is 0.0976 e. The summed E-state index contributed by atoms with van der Waals surface area (Å²) in [5.74, 6) is 0. The van der Waals surface area contributed by atoms with Gasteiger partial charge in [-0.15, -0.1) is 5.10 Å². The highest BCUT2D eigenvalue weighted by Gasteiger charge is 2.16. The number of hydrogen-bond acceptors (Lipinski definition) is 2. The minimum absolute atomic E-state index is 0.703. The third kappa shape index (κ3) is 4.73. The van der Waals surface area contributed by atoms with Crippen LogP contribution in [-0.2, 0) is 6.42 Å². The van der Waals surface area contributed by atoms with Crippen LogP contribution in [0.4, 0.5) is 0 Å². The molecule has 1 heterocycles. The number of aryl methyl sites for hydroxylation is 1. The molecule has 0 unspecified atom stereocenters. The van der Waals surface area contributed by atoms with Crippen LogP contribution in [0.1, 0.15) is 51.1 Å². The van der Waals surface area contributed by atoms with Crippen LogP contribution in [0.3, 0.4) is 0 Å². The van der Waals surface area contributed by atoms with Gasteiger partial charge in [-0.2, -0.15) is 0 Å². The molecule has 0 saturated carbocycles. The van der Waals surface area contributed by atoms with E-state index in [1.807, 2.05) is 35.0 Å². The summed E-state index contributed by atoms with van der Waals surface area (Å²) in [6.45, 7) is 2.25. The number of rotatable bonds is 9. The molecule has 0 aliphatic heterocycles. The van der Waals surface area contributed by atoms with Crippen LogP contribution in [0.2, 0.25) is 5.02 Å². The van der Waals surface area contributed by atoms with Crippen molar-refractivity contribution < 1.29 is 0 Å². The third-order valence-electron chi connectivity index (χ3n) is 4.61. The standard InChI is InChI=1S/C22H26ClN3/c1-2-3-4-5-6-10-16-21-22(18-12-8-7-9-13-18)26(25-24-21)20-15-11-14-19(23)17-20/h7-9,11-15,17H,2-6,10,16H2,1H3. The van der Waals surface area contributed by atoms with Crippen molar-refractivity contribution in [3.63, 3.8) is 0 Å². The summed E-state index contributed by atoms with van der Waals surface area (Å²) in [5.41, 5.74) is 4.21. The van der Waals surface area contributed by atoms with Crippen LogP contribution >= 0.6 is 11.6 Å². The van der Waals surface area contributed by atoms with Gasteiger partial charge in [0.1, 0.15) is 0 Å². The molecule has 26 heavy (non-hydrogen) atoms. The van der Waals surface area contributed by atoms with Crippen LogP contribution in [0, 0.1) is 0 Å². The first-order valence-electron chi connectivity index (χ1n) is 9.55. The highest BCUT2D eigenvalue weighted by atomic mass is 35.5. The van der Waals surface area contributed by atoms with Gasteiger partial charge in [0, 0.05) is 10.6 Å². The SMILES string of the molecule is CCCCCCCCc1nnn(-c2cccc(Cl)c2)c1-c1ccccc1. The van der Waals surface area contributed by atoms with E-state index in [1.165, 1.54) is 32.1 Å². The third-order valence-corrected chi connectivity index (χ3v) is 4.84. The molecule has 4 heteroatoms. The largest absolute Gasteiger partial charge is 0.213 e. The van der Waals surface area contributed by atoms with Crippen LogP contribution < -0.4 is 0 Å². The molecule has 1 aromatic heterocycles. The molecule has 0 N–H and O–H groups in total. The Morgan fingerprint density at radius 2 is 1.65 bits per heavy atom. The second kappa shape index (κ2) is 9.54. The number of benzene rings is 2. The molecule has 3 nitrogen and oxygen atoms in total. The van der Waals surface area contributed by atoms with Crippen molar-refractivity contribution in [1.82, 2.24) is 15.0 Å². The second-order valence-electron chi connectivity index (χ2n) is 6.66. The first-order chi connectivity index (χ1) is 12.8. The van der Waals surface area contributed by atoms with Gasteiger partial charge in [0.25, 0.3) is 0 Å². The maximum atomic E-state index is 6.18. The Bertz CT molecular complexity index is 811. The molecule has 136 valence electrons. The lowest BCUT2D eigenvalue weighted by Crippen LogP contribution is -2.00. The fourth-order valence-corrected chi connectivity index (χ4v) is 3.41.